The first-order valence-corrected chi connectivity index (χ1v) is 8.65. The molecule has 0 atom stereocenters. The Morgan fingerprint density at radius 1 is 1.14 bits per heavy atom. The molecule has 0 aliphatic heterocycles. The van der Waals surface area contributed by atoms with Gasteiger partial charge >= 0.3 is 0 Å². The number of aryl methyl sites for hydroxylation is 2. The minimum atomic E-state index is -0.305. The molecule has 22 heavy (non-hydrogen) atoms. The standard InChI is InChI=1S/C17H21N3OS/c18-16(21)11-12-7-9-13(10-8-12)19-17-20-14-5-3-1-2-4-6-15(14)22-17/h7-10H,1-6,11H2,(H2,18,21)(H,19,20). The molecule has 0 bridgehead atoms. The number of nitrogens with zero attached hydrogens (tertiary/aromatic N) is 1. The molecule has 1 aromatic carbocycles. The first kappa shape index (κ1) is 15.0. The van der Waals surface area contributed by atoms with Gasteiger partial charge < -0.3 is 11.1 Å². The maximum Gasteiger partial charge on any atom is 0.221 e. The van der Waals surface area contributed by atoms with Crippen molar-refractivity contribution in [2.75, 3.05) is 5.32 Å². The molecule has 0 unspecified atom stereocenters. The highest BCUT2D eigenvalue weighted by molar-refractivity contribution is 7.15. The Hall–Kier alpha value is -1.88. The van der Waals surface area contributed by atoms with E-state index in [1.54, 1.807) is 11.3 Å². The maximum absolute atomic E-state index is 10.9. The Morgan fingerprint density at radius 2 is 1.86 bits per heavy atom. The molecule has 1 heterocycles. The van der Waals surface area contributed by atoms with Gasteiger partial charge in [0.2, 0.25) is 5.91 Å². The molecule has 0 saturated heterocycles. The van der Waals surface area contributed by atoms with E-state index in [1.165, 1.54) is 36.3 Å². The predicted molar refractivity (Wildman–Crippen MR) is 90.6 cm³/mol. The first-order chi connectivity index (χ1) is 10.7. The summed E-state index contributed by atoms with van der Waals surface area (Å²) in [5.74, 6) is -0.305. The van der Waals surface area contributed by atoms with Gasteiger partial charge in [0.15, 0.2) is 5.13 Å². The van der Waals surface area contributed by atoms with E-state index in [4.69, 9.17) is 10.7 Å². The van der Waals surface area contributed by atoms with Gasteiger partial charge in [0.1, 0.15) is 0 Å². The van der Waals surface area contributed by atoms with E-state index in [1.807, 2.05) is 24.3 Å². The Labute approximate surface area is 134 Å². The van der Waals surface area contributed by atoms with Crippen molar-refractivity contribution in [3.8, 4) is 0 Å². The third kappa shape index (κ3) is 3.85. The van der Waals surface area contributed by atoms with Crippen LogP contribution in [0.2, 0.25) is 0 Å². The minimum Gasteiger partial charge on any atom is -0.369 e. The van der Waals surface area contributed by atoms with Crippen molar-refractivity contribution in [1.82, 2.24) is 4.98 Å². The summed E-state index contributed by atoms with van der Waals surface area (Å²) < 4.78 is 0. The summed E-state index contributed by atoms with van der Waals surface area (Å²) in [7, 11) is 0. The van der Waals surface area contributed by atoms with E-state index in [9.17, 15) is 4.79 Å². The van der Waals surface area contributed by atoms with E-state index in [2.05, 4.69) is 5.32 Å². The van der Waals surface area contributed by atoms with Gasteiger partial charge in [-0.2, -0.15) is 0 Å². The molecule has 2 aromatic rings. The van der Waals surface area contributed by atoms with Gasteiger partial charge in [0, 0.05) is 10.6 Å². The molecule has 1 amide bonds. The van der Waals surface area contributed by atoms with Crippen molar-refractivity contribution in [3.05, 3.63) is 40.4 Å². The maximum atomic E-state index is 10.9. The van der Waals surface area contributed by atoms with Crippen LogP contribution in [-0.2, 0) is 24.1 Å². The number of hydrogen-bond acceptors (Lipinski definition) is 4. The molecule has 0 saturated carbocycles. The average molecular weight is 315 g/mol. The number of primary amides is 1. The highest BCUT2D eigenvalue weighted by Crippen LogP contribution is 2.30. The quantitative estimate of drug-likeness (QED) is 0.906. The second kappa shape index (κ2) is 6.92. The number of amides is 1. The Bertz CT molecular complexity index is 623. The zero-order valence-corrected chi connectivity index (χ0v) is 13.4. The van der Waals surface area contributed by atoms with Crippen LogP contribution in [0, 0.1) is 0 Å². The molecule has 0 spiro atoms. The zero-order valence-electron chi connectivity index (χ0n) is 12.6. The summed E-state index contributed by atoms with van der Waals surface area (Å²) in [5, 5.41) is 4.34. The van der Waals surface area contributed by atoms with Gasteiger partial charge in [-0.25, -0.2) is 4.98 Å². The second-order valence-corrected chi connectivity index (χ2v) is 6.85. The van der Waals surface area contributed by atoms with Crippen molar-refractivity contribution >= 4 is 28.1 Å². The molecular weight excluding hydrogens is 294 g/mol. The number of nitrogens with one attached hydrogen (secondary N) is 1. The predicted octanol–water partition coefficient (Wildman–Crippen LogP) is 3.57. The lowest BCUT2D eigenvalue weighted by Gasteiger charge is -2.06. The number of hydrogen-bond donors (Lipinski definition) is 2. The normalized spacial score (nSPS) is 14.7. The molecule has 1 aliphatic carbocycles. The first-order valence-electron chi connectivity index (χ1n) is 7.83. The summed E-state index contributed by atoms with van der Waals surface area (Å²) in [5.41, 5.74) is 8.41. The number of fused-ring (bicyclic) bond motifs is 1. The molecule has 3 rings (SSSR count). The number of anilines is 2. The molecule has 4 nitrogen and oxygen atoms in total. The molecule has 0 radical (unpaired) electrons. The highest BCUT2D eigenvalue weighted by atomic mass is 32.1. The molecule has 1 aromatic heterocycles. The molecule has 1 aliphatic rings. The number of carbonyl (C=O) groups is 1. The molecule has 116 valence electrons. The Balaban J connectivity index is 1.70. The SMILES string of the molecule is NC(=O)Cc1ccc(Nc2nc3c(s2)CCCCCC3)cc1. The summed E-state index contributed by atoms with van der Waals surface area (Å²) in [6, 6.07) is 7.79. The number of thiazole rings is 1. The summed E-state index contributed by atoms with van der Waals surface area (Å²) in [4.78, 5) is 17.1. The van der Waals surface area contributed by atoms with Gasteiger partial charge in [0.25, 0.3) is 0 Å². The molecular formula is C17H21N3OS. The lowest BCUT2D eigenvalue weighted by atomic mass is 10.0. The van der Waals surface area contributed by atoms with Gasteiger partial charge in [-0.05, 0) is 43.4 Å². The topological polar surface area (TPSA) is 68.0 Å². The van der Waals surface area contributed by atoms with E-state index in [0.717, 1.165) is 29.2 Å². The number of aromatic nitrogens is 1. The summed E-state index contributed by atoms with van der Waals surface area (Å²) in [6.07, 6.45) is 7.72. The smallest absolute Gasteiger partial charge is 0.221 e. The zero-order chi connectivity index (χ0) is 15.4. The largest absolute Gasteiger partial charge is 0.369 e. The van der Waals surface area contributed by atoms with Crippen LogP contribution in [0.4, 0.5) is 10.8 Å². The van der Waals surface area contributed by atoms with Crippen LogP contribution in [0.15, 0.2) is 24.3 Å². The van der Waals surface area contributed by atoms with E-state index in [0.29, 0.717) is 0 Å². The van der Waals surface area contributed by atoms with Crippen LogP contribution in [0.3, 0.4) is 0 Å². The summed E-state index contributed by atoms with van der Waals surface area (Å²) >= 11 is 1.77. The number of benzene rings is 1. The van der Waals surface area contributed by atoms with Crippen molar-refractivity contribution < 1.29 is 4.79 Å². The Morgan fingerprint density at radius 3 is 2.59 bits per heavy atom. The van der Waals surface area contributed by atoms with Gasteiger partial charge in [-0.15, -0.1) is 11.3 Å². The van der Waals surface area contributed by atoms with E-state index >= 15 is 0 Å². The van der Waals surface area contributed by atoms with Gasteiger partial charge in [0.05, 0.1) is 12.1 Å². The van der Waals surface area contributed by atoms with Crippen molar-refractivity contribution in [2.45, 2.75) is 44.9 Å². The van der Waals surface area contributed by atoms with Crippen molar-refractivity contribution in [2.24, 2.45) is 5.73 Å². The van der Waals surface area contributed by atoms with Crippen LogP contribution < -0.4 is 11.1 Å². The third-order valence-corrected chi connectivity index (χ3v) is 5.00. The number of nitrogens with two attached hydrogens (primary N) is 1. The van der Waals surface area contributed by atoms with Crippen LogP contribution in [0.25, 0.3) is 0 Å². The van der Waals surface area contributed by atoms with Crippen molar-refractivity contribution in [1.29, 1.82) is 0 Å². The molecule has 3 N–H and O–H groups in total. The number of rotatable bonds is 4. The lowest BCUT2D eigenvalue weighted by Crippen LogP contribution is -2.13. The van der Waals surface area contributed by atoms with Gasteiger partial charge in [-0.3, -0.25) is 4.79 Å². The van der Waals surface area contributed by atoms with Crippen LogP contribution in [0.1, 0.15) is 41.8 Å². The van der Waals surface area contributed by atoms with E-state index < -0.39 is 0 Å². The average Bonchev–Trinajstić information content (AvgIpc) is 2.82. The lowest BCUT2D eigenvalue weighted by molar-refractivity contribution is -0.117. The molecule has 0 fully saturated rings. The second-order valence-electron chi connectivity index (χ2n) is 5.77. The molecule has 5 heteroatoms. The van der Waals surface area contributed by atoms with Crippen LogP contribution >= 0.6 is 11.3 Å². The van der Waals surface area contributed by atoms with E-state index in [-0.39, 0.29) is 12.3 Å². The summed E-state index contributed by atoms with van der Waals surface area (Å²) in [6.45, 7) is 0. The fraction of sp³-hybridized carbons (Fsp3) is 0.412. The monoisotopic (exact) mass is 315 g/mol. The Kier molecular flexibility index (Phi) is 4.73. The fourth-order valence-electron chi connectivity index (χ4n) is 2.79. The van der Waals surface area contributed by atoms with Gasteiger partial charge in [-0.1, -0.05) is 25.0 Å². The van der Waals surface area contributed by atoms with Crippen molar-refractivity contribution in [3.63, 3.8) is 0 Å². The highest BCUT2D eigenvalue weighted by Gasteiger charge is 2.13. The van der Waals surface area contributed by atoms with Crippen LogP contribution in [-0.4, -0.2) is 10.9 Å². The number of carbonyl (C=O) groups excluding carboxylic acids is 1. The fourth-order valence-corrected chi connectivity index (χ4v) is 3.86. The van der Waals surface area contributed by atoms with Crippen LogP contribution in [0.5, 0.6) is 0 Å². The minimum absolute atomic E-state index is 0.284. The third-order valence-electron chi connectivity index (χ3n) is 3.93.